The van der Waals surface area contributed by atoms with Crippen molar-refractivity contribution >= 4 is 15.9 Å². The van der Waals surface area contributed by atoms with Gasteiger partial charge in [-0.25, -0.2) is 18.2 Å². The molecule has 0 N–H and O–H groups in total. The first-order valence-electron chi connectivity index (χ1n) is 3.56. The van der Waals surface area contributed by atoms with Crippen molar-refractivity contribution in [3.63, 3.8) is 0 Å². The Kier molecular flexibility index (Phi) is 3.30. The van der Waals surface area contributed by atoms with Gasteiger partial charge < -0.3 is 0 Å². The molecule has 1 heterocycles. The minimum Gasteiger partial charge on any atom is -0.248 e. The first kappa shape index (κ1) is 10.5. The van der Waals surface area contributed by atoms with Gasteiger partial charge in [-0.3, -0.25) is 0 Å². The SMILES string of the molecule is Cc1cc(F)c(C(F)F)nc1CBr. The fourth-order valence-corrected chi connectivity index (χ4v) is 1.49. The number of aromatic nitrogens is 1. The van der Waals surface area contributed by atoms with Crippen LogP contribution in [0.4, 0.5) is 13.2 Å². The predicted molar refractivity (Wildman–Crippen MR) is 46.5 cm³/mol. The molecule has 0 saturated carbocycles. The van der Waals surface area contributed by atoms with E-state index in [-0.39, 0.29) is 0 Å². The molecule has 0 spiro atoms. The first-order valence-corrected chi connectivity index (χ1v) is 4.68. The normalized spacial score (nSPS) is 10.9. The van der Waals surface area contributed by atoms with Gasteiger partial charge in [-0.2, -0.15) is 0 Å². The average Bonchev–Trinajstić information content (AvgIpc) is 2.03. The lowest BCUT2D eigenvalue weighted by Crippen LogP contribution is -2.01. The summed E-state index contributed by atoms with van der Waals surface area (Å²) in [6.07, 6.45) is -2.86. The maximum absolute atomic E-state index is 12.9. The van der Waals surface area contributed by atoms with Crippen LogP contribution in [-0.4, -0.2) is 4.98 Å². The van der Waals surface area contributed by atoms with Crippen LogP contribution in [0.15, 0.2) is 6.07 Å². The Bertz CT molecular complexity index is 315. The van der Waals surface area contributed by atoms with E-state index in [1.54, 1.807) is 6.92 Å². The predicted octanol–water partition coefficient (Wildman–Crippen LogP) is 3.36. The Hall–Kier alpha value is -0.580. The van der Waals surface area contributed by atoms with Crippen molar-refractivity contribution in [1.29, 1.82) is 0 Å². The fraction of sp³-hybridized carbons (Fsp3) is 0.375. The molecule has 0 aromatic carbocycles. The van der Waals surface area contributed by atoms with Gasteiger partial charge in [0.05, 0.1) is 5.69 Å². The van der Waals surface area contributed by atoms with E-state index in [2.05, 4.69) is 20.9 Å². The van der Waals surface area contributed by atoms with Gasteiger partial charge in [0.2, 0.25) is 0 Å². The van der Waals surface area contributed by atoms with Crippen molar-refractivity contribution in [2.75, 3.05) is 0 Å². The van der Waals surface area contributed by atoms with E-state index in [0.29, 0.717) is 16.6 Å². The summed E-state index contributed by atoms with van der Waals surface area (Å²) < 4.78 is 37.2. The summed E-state index contributed by atoms with van der Waals surface area (Å²) in [4.78, 5) is 3.52. The molecular formula is C8H7BrF3N. The summed E-state index contributed by atoms with van der Waals surface area (Å²) in [5.74, 6) is -0.947. The third-order valence-corrected chi connectivity index (χ3v) is 2.16. The van der Waals surface area contributed by atoms with Gasteiger partial charge in [-0.1, -0.05) is 15.9 Å². The summed E-state index contributed by atoms with van der Waals surface area (Å²) in [6, 6.07) is 1.07. The summed E-state index contributed by atoms with van der Waals surface area (Å²) in [5.41, 5.74) is 0.232. The van der Waals surface area contributed by atoms with Crippen molar-refractivity contribution in [1.82, 2.24) is 4.98 Å². The molecule has 1 aromatic heterocycles. The van der Waals surface area contributed by atoms with Crippen LogP contribution in [0.2, 0.25) is 0 Å². The molecule has 13 heavy (non-hydrogen) atoms. The second-order valence-electron chi connectivity index (χ2n) is 2.55. The zero-order valence-electron chi connectivity index (χ0n) is 6.82. The van der Waals surface area contributed by atoms with E-state index >= 15 is 0 Å². The minimum atomic E-state index is -2.86. The van der Waals surface area contributed by atoms with E-state index in [1.807, 2.05) is 0 Å². The van der Waals surface area contributed by atoms with Gasteiger partial charge >= 0.3 is 0 Å². The standard InChI is InChI=1S/C8H7BrF3N/c1-4-2-5(10)7(8(11)12)13-6(4)3-9/h2,8H,3H2,1H3. The van der Waals surface area contributed by atoms with Crippen molar-refractivity contribution in [2.45, 2.75) is 18.7 Å². The van der Waals surface area contributed by atoms with Gasteiger partial charge in [0, 0.05) is 5.33 Å². The van der Waals surface area contributed by atoms with E-state index in [0.717, 1.165) is 6.07 Å². The molecule has 0 fully saturated rings. The number of halogens is 4. The summed E-state index contributed by atoms with van der Waals surface area (Å²) >= 11 is 3.09. The van der Waals surface area contributed by atoms with Gasteiger partial charge in [-0.05, 0) is 18.6 Å². The third-order valence-electron chi connectivity index (χ3n) is 1.63. The molecule has 5 heteroatoms. The zero-order chi connectivity index (χ0) is 10.0. The maximum atomic E-state index is 12.9. The second-order valence-corrected chi connectivity index (χ2v) is 3.11. The largest absolute Gasteiger partial charge is 0.283 e. The van der Waals surface area contributed by atoms with Crippen molar-refractivity contribution in [3.8, 4) is 0 Å². The quantitative estimate of drug-likeness (QED) is 0.737. The van der Waals surface area contributed by atoms with E-state index in [1.165, 1.54) is 0 Å². The van der Waals surface area contributed by atoms with Crippen LogP contribution in [0.3, 0.4) is 0 Å². The smallest absolute Gasteiger partial charge is 0.248 e. The molecule has 0 aliphatic heterocycles. The number of aryl methyl sites for hydroxylation is 1. The molecule has 1 aromatic rings. The van der Waals surface area contributed by atoms with E-state index in [9.17, 15) is 13.2 Å². The molecule has 72 valence electrons. The van der Waals surface area contributed by atoms with Crippen LogP contribution < -0.4 is 0 Å². The molecule has 0 aliphatic carbocycles. The third kappa shape index (κ3) is 2.21. The number of nitrogens with zero attached hydrogens (tertiary/aromatic N) is 1. The lowest BCUT2D eigenvalue weighted by atomic mass is 10.2. The van der Waals surface area contributed by atoms with Crippen molar-refractivity contribution in [2.24, 2.45) is 0 Å². The van der Waals surface area contributed by atoms with Crippen molar-refractivity contribution < 1.29 is 13.2 Å². The molecule has 0 bridgehead atoms. The molecule has 0 atom stereocenters. The summed E-state index contributed by atoms with van der Waals surface area (Å²) in [5, 5.41) is 0.346. The monoisotopic (exact) mass is 253 g/mol. The maximum Gasteiger partial charge on any atom is 0.283 e. The summed E-state index contributed by atoms with van der Waals surface area (Å²) in [6.45, 7) is 1.63. The number of hydrogen-bond donors (Lipinski definition) is 0. The topological polar surface area (TPSA) is 12.9 Å². The molecule has 1 nitrogen and oxygen atoms in total. The number of pyridine rings is 1. The Labute approximate surface area is 82.1 Å². The Morgan fingerprint density at radius 1 is 1.54 bits per heavy atom. The highest BCUT2D eigenvalue weighted by molar-refractivity contribution is 9.08. The molecule has 0 radical (unpaired) electrons. The van der Waals surface area contributed by atoms with Crippen LogP contribution in [0.5, 0.6) is 0 Å². The molecule has 0 saturated heterocycles. The Balaban J connectivity index is 3.22. The molecule has 0 amide bonds. The lowest BCUT2D eigenvalue weighted by molar-refractivity contribution is 0.140. The number of rotatable bonds is 2. The second kappa shape index (κ2) is 4.09. The molecule has 1 rings (SSSR count). The Morgan fingerprint density at radius 3 is 2.62 bits per heavy atom. The van der Waals surface area contributed by atoms with Crippen molar-refractivity contribution in [3.05, 3.63) is 28.8 Å². The lowest BCUT2D eigenvalue weighted by Gasteiger charge is -2.05. The first-order chi connectivity index (χ1) is 6.06. The fourth-order valence-electron chi connectivity index (χ4n) is 0.923. The number of hydrogen-bond acceptors (Lipinski definition) is 1. The van der Waals surface area contributed by atoms with Gasteiger partial charge in [-0.15, -0.1) is 0 Å². The minimum absolute atomic E-state index is 0.346. The highest BCUT2D eigenvalue weighted by atomic mass is 79.9. The van der Waals surface area contributed by atoms with Gasteiger partial charge in [0.25, 0.3) is 6.43 Å². The van der Waals surface area contributed by atoms with E-state index < -0.39 is 17.9 Å². The number of alkyl halides is 3. The highest BCUT2D eigenvalue weighted by Gasteiger charge is 2.16. The molecule has 0 aliphatic rings. The van der Waals surface area contributed by atoms with Crippen LogP contribution in [0.25, 0.3) is 0 Å². The van der Waals surface area contributed by atoms with Gasteiger partial charge in [0.1, 0.15) is 5.69 Å². The van der Waals surface area contributed by atoms with Gasteiger partial charge in [0.15, 0.2) is 5.82 Å². The van der Waals surface area contributed by atoms with Crippen LogP contribution >= 0.6 is 15.9 Å². The average molecular weight is 254 g/mol. The van der Waals surface area contributed by atoms with Crippen LogP contribution in [-0.2, 0) is 5.33 Å². The molecule has 0 unspecified atom stereocenters. The highest BCUT2D eigenvalue weighted by Crippen LogP contribution is 2.22. The van der Waals surface area contributed by atoms with Crippen LogP contribution in [0, 0.1) is 12.7 Å². The Morgan fingerprint density at radius 2 is 2.15 bits per heavy atom. The summed E-state index contributed by atoms with van der Waals surface area (Å²) in [7, 11) is 0. The van der Waals surface area contributed by atoms with Crippen LogP contribution in [0.1, 0.15) is 23.4 Å². The zero-order valence-corrected chi connectivity index (χ0v) is 8.41. The molecular weight excluding hydrogens is 247 g/mol. The van der Waals surface area contributed by atoms with E-state index in [4.69, 9.17) is 0 Å².